The summed E-state index contributed by atoms with van der Waals surface area (Å²) in [5.41, 5.74) is 0. The van der Waals surface area contributed by atoms with Crippen molar-refractivity contribution in [1.29, 1.82) is 0 Å². The van der Waals surface area contributed by atoms with E-state index in [4.69, 9.17) is 0 Å². The fourth-order valence-corrected chi connectivity index (χ4v) is 2.30. The SMILES string of the molecule is CN1CCN(C(=O)N2CCCC(F)C2)CC1. The Morgan fingerprint density at radius 3 is 2.44 bits per heavy atom. The molecule has 0 saturated carbocycles. The highest BCUT2D eigenvalue weighted by molar-refractivity contribution is 5.74. The van der Waals surface area contributed by atoms with E-state index < -0.39 is 6.17 Å². The first-order valence-electron chi connectivity index (χ1n) is 6.03. The van der Waals surface area contributed by atoms with Gasteiger partial charge >= 0.3 is 6.03 Å². The van der Waals surface area contributed by atoms with Crippen LogP contribution in [0.2, 0.25) is 0 Å². The number of piperidine rings is 1. The van der Waals surface area contributed by atoms with Crippen molar-refractivity contribution in [3.05, 3.63) is 0 Å². The molecule has 0 aliphatic carbocycles. The van der Waals surface area contributed by atoms with Crippen molar-refractivity contribution in [3.63, 3.8) is 0 Å². The van der Waals surface area contributed by atoms with Crippen molar-refractivity contribution in [2.24, 2.45) is 0 Å². The molecule has 92 valence electrons. The third kappa shape index (κ3) is 2.64. The normalized spacial score (nSPS) is 28.2. The van der Waals surface area contributed by atoms with Crippen LogP contribution in [0.3, 0.4) is 0 Å². The number of carbonyl (C=O) groups is 1. The number of rotatable bonds is 0. The largest absolute Gasteiger partial charge is 0.322 e. The summed E-state index contributed by atoms with van der Waals surface area (Å²) >= 11 is 0. The maximum Gasteiger partial charge on any atom is 0.320 e. The van der Waals surface area contributed by atoms with Crippen molar-refractivity contribution in [1.82, 2.24) is 14.7 Å². The van der Waals surface area contributed by atoms with Crippen molar-refractivity contribution in [3.8, 4) is 0 Å². The van der Waals surface area contributed by atoms with Gasteiger partial charge in [-0.15, -0.1) is 0 Å². The van der Waals surface area contributed by atoms with Crippen molar-refractivity contribution < 1.29 is 9.18 Å². The van der Waals surface area contributed by atoms with Crippen LogP contribution in [0.5, 0.6) is 0 Å². The first kappa shape index (κ1) is 11.6. The van der Waals surface area contributed by atoms with Crippen molar-refractivity contribution in [2.45, 2.75) is 19.0 Å². The molecule has 2 rings (SSSR count). The Balaban J connectivity index is 1.86. The van der Waals surface area contributed by atoms with Crippen LogP contribution in [0, 0.1) is 0 Å². The molecule has 2 saturated heterocycles. The number of hydrogen-bond donors (Lipinski definition) is 0. The summed E-state index contributed by atoms with van der Waals surface area (Å²) < 4.78 is 13.2. The Bertz CT molecular complexity index is 254. The summed E-state index contributed by atoms with van der Waals surface area (Å²) in [6.07, 6.45) is 0.567. The summed E-state index contributed by atoms with van der Waals surface area (Å²) in [7, 11) is 2.06. The van der Waals surface area contributed by atoms with E-state index in [1.165, 1.54) is 0 Å². The van der Waals surface area contributed by atoms with Gasteiger partial charge in [-0.25, -0.2) is 9.18 Å². The predicted octanol–water partition coefficient (Wildman–Crippen LogP) is 0.788. The van der Waals surface area contributed by atoms with E-state index >= 15 is 0 Å². The molecular weight excluding hydrogens is 209 g/mol. The molecule has 2 amide bonds. The number of hydrogen-bond acceptors (Lipinski definition) is 2. The lowest BCUT2D eigenvalue weighted by Crippen LogP contribution is -2.54. The Hall–Kier alpha value is -0.840. The van der Waals surface area contributed by atoms with Gasteiger partial charge in [-0.2, -0.15) is 0 Å². The minimum absolute atomic E-state index is 0.0236. The molecule has 0 spiro atoms. The van der Waals surface area contributed by atoms with Crippen LogP contribution in [0.15, 0.2) is 0 Å². The summed E-state index contributed by atoms with van der Waals surface area (Å²) in [4.78, 5) is 17.8. The zero-order chi connectivity index (χ0) is 11.5. The van der Waals surface area contributed by atoms with E-state index in [-0.39, 0.29) is 12.6 Å². The lowest BCUT2D eigenvalue weighted by atomic mass is 10.1. The van der Waals surface area contributed by atoms with Crippen LogP contribution < -0.4 is 0 Å². The molecule has 0 aromatic heterocycles. The van der Waals surface area contributed by atoms with Gasteiger partial charge in [0.2, 0.25) is 0 Å². The van der Waals surface area contributed by atoms with Crippen molar-refractivity contribution >= 4 is 6.03 Å². The topological polar surface area (TPSA) is 26.8 Å². The van der Waals surface area contributed by atoms with Crippen LogP contribution in [0.4, 0.5) is 9.18 Å². The van der Waals surface area contributed by atoms with Crippen LogP contribution in [-0.4, -0.2) is 73.2 Å². The molecule has 5 heteroatoms. The molecule has 2 fully saturated rings. The summed E-state index contributed by atoms with van der Waals surface area (Å²) in [5.74, 6) is 0. The molecule has 16 heavy (non-hydrogen) atoms. The number of halogens is 1. The van der Waals surface area contributed by atoms with Gasteiger partial charge in [0.25, 0.3) is 0 Å². The lowest BCUT2D eigenvalue weighted by molar-refractivity contribution is 0.0966. The molecule has 0 N–H and O–H groups in total. The number of nitrogens with zero attached hydrogens (tertiary/aromatic N) is 3. The second-order valence-corrected chi connectivity index (χ2v) is 4.76. The molecule has 0 bridgehead atoms. The highest BCUT2D eigenvalue weighted by Crippen LogP contribution is 2.15. The van der Waals surface area contributed by atoms with Gasteiger partial charge in [-0.1, -0.05) is 0 Å². The van der Waals surface area contributed by atoms with Gasteiger partial charge in [0, 0.05) is 32.7 Å². The number of likely N-dealkylation sites (N-methyl/N-ethyl adjacent to an activating group) is 1. The number of likely N-dealkylation sites (tertiary alicyclic amines) is 1. The van der Waals surface area contributed by atoms with Gasteiger partial charge in [0.1, 0.15) is 6.17 Å². The summed E-state index contributed by atoms with van der Waals surface area (Å²) in [6, 6.07) is 0.0236. The quantitative estimate of drug-likeness (QED) is 0.614. The van der Waals surface area contributed by atoms with E-state index in [1.54, 1.807) is 4.90 Å². The maximum atomic E-state index is 13.2. The Labute approximate surface area is 96.0 Å². The van der Waals surface area contributed by atoms with Gasteiger partial charge < -0.3 is 14.7 Å². The Morgan fingerprint density at radius 1 is 1.12 bits per heavy atom. The number of urea groups is 1. The van der Waals surface area contributed by atoms with Crippen molar-refractivity contribution in [2.75, 3.05) is 46.3 Å². The molecule has 2 aliphatic heterocycles. The second kappa shape index (κ2) is 4.99. The van der Waals surface area contributed by atoms with Crippen LogP contribution in [0.25, 0.3) is 0 Å². The van der Waals surface area contributed by atoms with Gasteiger partial charge in [0.15, 0.2) is 0 Å². The zero-order valence-electron chi connectivity index (χ0n) is 9.86. The van der Waals surface area contributed by atoms with E-state index in [9.17, 15) is 9.18 Å². The van der Waals surface area contributed by atoms with Crippen LogP contribution in [0.1, 0.15) is 12.8 Å². The summed E-state index contributed by atoms with van der Waals surface area (Å²) in [6.45, 7) is 4.36. The molecule has 0 aromatic rings. The number of amides is 2. The van der Waals surface area contributed by atoms with Gasteiger partial charge in [0.05, 0.1) is 6.54 Å². The lowest BCUT2D eigenvalue weighted by Gasteiger charge is -2.38. The average molecular weight is 229 g/mol. The fraction of sp³-hybridized carbons (Fsp3) is 0.909. The molecule has 2 aliphatic rings. The first-order valence-corrected chi connectivity index (χ1v) is 6.03. The Kier molecular flexibility index (Phi) is 3.63. The molecular formula is C11H20FN3O. The molecule has 1 atom stereocenters. The average Bonchev–Trinajstić information content (AvgIpc) is 2.29. The van der Waals surface area contributed by atoms with Crippen LogP contribution >= 0.6 is 0 Å². The minimum atomic E-state index is -0.829. The monoisotopic (exact) mass is 229 g/mol. The maximum absolute atomic E-state index is 13.2. The molecule has 4 nitrogen and oxygen atoms in total. The highest BCUT2D eigenvalue weighted by atomic mass is 19.1. The second-order valence-electron chi connectivity index (χ2n) is 4.76. The van der Waals surface area contributed by atoms with E-state index in [1.807, 2.05) is 4.90 Å². The predicted molar refractivity (Wildman–Crippen MR) is 60.2 cm³/mol. The third-order valence-corrected chi connectivity index (χ3v) is 3.41. The van der Waals surface area contributed by atoms with E-state index in [2.05, 4.69) is 11.9 Å². The standard InChI is InChI=1S/C11H20FN3O/c1-13-5-7-14(8-6-13)11(16)15-4-2-3-10(12)9-15/h10H,2-9H2,1H3. The number of carbonyl (C=O) groups excluding carboxylic acids is 1. The highest BCUT2D eigenvalue weighted by Gasteiger charge is 2.28. The number of alkyl halides is 1. The number of piperazine rings is 1. The summed E-state index contributed by atoms with van der Waals surface area (Å²) in [5, 5.41) is 0. The van der Waals surface area contributed by atoms with Crippen LogP contribution in [-0.2, 0) is 0 Å². The third-order valence-electron chi connectivity index (χ3n) is 3.41. The van der Waals surface area contributed by atoms with Gasteiger partial charge in [-0.3, -0.25) is 0 Å². The molecule has 2 heterocycles. The first-order chi connectivity index (χ1) is 7.66. The fourth-order valence-electron chi connectivity index (χ4n) is 2.30. The minimum Gasteiger partial charge on any atom is -0.322 e. The van der Waals surface area contributed by atoms with Gasteiger partial charge in [-0.05, 0) is 19.9 Å². The van der Waals surface area contributed by atoms with E-state index in [0.717, 1.165) is 32.6 Å². The Morgan fingerprint density at radius 2 is 1.81 bits per heavy atom. The molecule has 0 aromatic carbocycles. The smallest absolute Gasteiger partial charge is 0.320 e. The van der Waals surface area contributed by atoms with E-state index in [0.29, 0.717) is 13.0 Å². The zero-order valence-corrected chi connectivity index (χ0v) is 9.86. The molecule has 1 unspecified atom stereocenters. The molecule has 0 radical (unpaired) electrons.